The van der Waals surface area contributed by atoms with Crippen molar-refractivity contribution in [2.24, 2.45) is 0 Å². The minimum absolute atomic E-state index is 0.0208. The van der Waals surface area contributed by atoms with E-state index in [0.717, 1.165) is 12.1 Å². The van der Waals surface area contributed by atoms with Gasteiger partial charge in [-0.05, 0) is 32.0 Å². The maximum Gasteiger partial charge on any atom is 0.224 e. The molecule has 0 aliphatic carbocycles. The van der Waals surface area contributed by atoms with Crippen LogP contribution in [0.2, 0.25) is 5.02 Å². The third-order valence-corrected chi connectivity index (χ3v) is 5.26. The van der Waals surface area contributed by atoms with Crippen LogP contribution < -0.4 is 16.8 Å². The highest BCUT2D eigenvalue weighted by Gasteiger charge is 2.21. The van der Waals surface area contributed by atoms with Crippen molar-refractivity contribution < 1.29 is 8.78 Å². The second kappa shape index (κ2) is 7.90. The Bertz CT molecular complexity index is 1410. The predicted molar refractivity (Wildman–Crippen MR) is 116 cm³/mol. The summed E-state index contributed by atoms with van der Waals surface area (Å²) in [4.78, 5) is 12.4. The van der Waals surface area contributed by atoms with E-state index >= 15 is 0 Å². The zero-order chi connectivity index (χ0) is 23.2. The van der Waals surface area contributed by atoms with Crippen LogP contribution in [0.4, 0.5) is 26.4 Å². The lowest BCUT2D eigenvalue weighted by Crippen LogP contribution is -2.15. The molecule has 0 saturated carbocycles. The molecular weight excluding hydrogens is 440 g/mol. The molecule has 0 unspecified atom stereocenters. The largest absolute Gasteiger partial charge is 0.382 e. The molecule has 0 saturated heterocycles. The van der Waals surface area contributed by atoms with E-state index in [1.165, 1.54) is 10.6 Å². The van der Waals surface area contributed by atoms with Crippen LogP contribution >= 0.6 is 11.6 Å². The molecule has 3 aromatic heterocycles. The number of rotatable bonds is 4. The average molecular weight is 456 g/mol. The molecule has 4 aromatic rings. The molecular formula is C20H16ClF2N9. The molecule has 162 valence electrons. The molecule has 0 bridgehead atoms. The Kier molecular flexibility index (Phi) is 5.23. The van der Waals surface area contributed by atoms with E-state index in [-0.39, 0.29) is 23.1 Å². The van der Waals surface area contributed by atoms with E-state index in [1.54, 1.807) is 20.0 Å². The molecule has 1 aromatic carbocycles. The van der Waals surface area contributed by atoms with Gasteiger partial charge in [-0.15, -0.1) is 0 Å². The first kappa shape index (κ1) is 21.2. The minimum Gasteiger partial charge on any atom is -0.382 e. The number of anilines is 3. The van der Waals surface area contributed by atoms with Crippen LogP contribution in [-0.2, 0) is 0 Å². The molecule has 0 aliphatic heterocycles. The number of nitrogens with two attached hydrogens (primary N) is 2. The van der Waals surface area contributed by atoms with E-state index < -0.39 is 17.7 Å². The molecule has 32 heavy (non-hydrogen) atoms. The topological polar surface area (TPSA) is 144 Å². The van der Waals surface area contributed by atoms with Crippen LogP contribution in [0.5, 0.6) is 0 Å². The van der Waals surface area contributed by atoms with Gasteiger partial charge in [-0.1, -0.05) is 11.6 Å². The Balaban J connectivity index is 1.89. The summed E-state index contributed by atoms with van der Waals surface area (Å²) in [5, 5.41) is 17.2. The number of fused-ring (bicyclic) bond motifs is 1. The van der Waals surface area contributed by atoms with Crippen LogP contribution in [0.15, 0.2) is 24.4 Å². The van der Waals surface area contributed by atoms with Crippen molar-refractivity contribution in [1.29, 1.82) is 5.26 Å². The fourth-order valence-corrected chi connectivity index (χ4v) is 3.42. The quantitative estimate of drug-likeness (QED) is 0.423. The number of nitrogens with one attached hydrogen (secondary N) is 1. The monoisotopic (exact) mass is 455 g/mol. The maximum atomic E-state index is 14.0. The number of hydrogen-bond acceptors (Lipinski definition) is 8. The summed E-state index contributed by atoms with van der Waals surface area (Å²) in [6, 6.07) is 4.86. The number of aromatic nitrogens is 5. The second-order valence-electron chi connectivity index (χ2n) is 7.01. The van der Waals surface area contributed by atoms with Gasteiger partial charge in [-0.3, -0.25) is 0 Å². The molecule has 0 radical (unpaired) electrons. The summed E-state index contributed by atoms with van der Waals surface area (Å²) in [5.41, 5.74) is 13.6. The highest BCUT2D eigenvalue weighted by molar-refractivity contribution is 6.34. The standard InChI is InChI=1S/C20H16ClF2N9/c1-8(27-18-11(6-24)17(25)29-20(26)30-18)12-7-32-19(15(21)9(2)31-32)28-16(12)10-3-4-13(22)14(23)5-10/h3-5,7-8H,1-2H3,(H5,25,26,27,29,30)/t8-/m0/s1. The predicted octanol–water partition coefficient (Wildman–Crippen LogP) is 3.64. The van der Waals surface area contributed by atoms with Crippen molar-refractivity contribution in [1.82, 2.24) is 24.6 Å². The van der Waals surface area contributed by atoms with Gasteiger partial charge in [-0.2, -0.15) is 20.3 Å². The first-order valence-corrected chi connectivity index (χ1v) is 9.67. The number of benzene rings is 1. The number of nitrogens with zero attached hydrogens (tertiary/aromatic N) is 6. The smallest absolute Gasteiger partial charge is 0.224 e. The maximum absolute atomic E-state index is 14.0. The number of nitrogen functional groups attached to an aromatic ring is 2. The summed E-state index contributed by atoms with van der Waals surface area (Å²) in [6.07, 6.45) is 1.66. The van der Waals surface area contributed by atoms with Gasteiger partial charge in [0.2, 0.25) is 5.95 Å². The molecule has 4 rings (SSSR count). The lowest BCUT2D eigenvalue weighted by atomic mass is 10.0. The fraction of sp³-hybridized carbons (Fsp3) is 0.150. The zero-order valence-electron chi connectivity index (χ0n) is 16.9. The van der Waals surface area contributed by atoms with E-state index in [1.807, 2.05) is 6.07 Å². The van der Waals surface area contributed by atoms with E-state index in [2.05, 4.69) is 25.4 Å². The Labute approximate surface area is 185 Å². The SMILES string of the molecule is Cc1nn2cc([C@H](C)Nc3nc(N)nc(N)c3C#N)c(-c3ccc(F)c(F)c3)nc2c1Cl. The Morgan fingerprint density at radius 1 is 1.19 bits per heavy atom. The summed E-state index contributed by atoms with van der Waals surface area (Å²) in [7, 11) is 0. The fourth-order valence-electron chi connectivity index (χ4n) is 3.25. The minimum atomic E-state index is -1.02. The van der Waals surface area contributed by atoms with Gasteiger partial charge in [0.25, 0.3) is 0 Å². The van der Waals surface area contributed by atoms with E-state index in [4.69, 9.17) is 23.1 Å². The number of halogens is 3. The summed E-state index contributed by atoms with van der Waals surface area (Å²) in [5.74, 6) is -2.06. The highest BCUT2D eigenvalue weighted by atomic mass is 35.5. The molecule has 0 spiro atoms. The van der Waals surface area contributed by atoms with Gasteiger partial charge < -0.3 is 16.8 Å². The molecule has 5 N–H and O–H groups in total. The van der Waals surface area contributed by atoms with Gasteiger partial charge in [0, 0.05) is 17.3 Å². The van der Waals surface area contributed by atoms with Gasteiger partial charge in [0.1, 0.15) is 22.5 Å². The third-order valence-electron chi connectivity index (χ3n) is 4.82. The van der Waals surface area contributed by atoms with Crippen molar-refractivity contribution in [3.8, 4) is 17.3 Å². The number of hydrogen-bond donors (Lipinski definition) is 3. The van der Waals surface area contributed by atoms with Crippen LogP contribution in [0.3, 0.4) is 0 Å². The summed E-state index contributed by atoms with van der Waals surface area (Å²) < 4.78 is 29.0. The van der Waals surface area contributed by atoms with Crippen LogP contribution in [0, 0.1) is 29.9 Å². The van der Waals surface area contributed by atoms with Crippen molar-refractivity contribution in [2.45, 2.75) is 19.9 Å². The number of aryl methyl sites for hydroxylation is 1. The first-order valence-electron chi connectivity index (χ1n) is 9.30. The molecule has 0 aliphatic rings. The second-order valence-corrected chi connectivity index (χ2v) is 7.39. The van der Waals surface area contributed by atoms with E-state index in [0.29, 0.717) is 33.2 Å². The van der Waals surface area contributed by atoms with Crippen molar-refractivity contribution in [2.75, 3.05) is 16.8 Å². The van der Waals surface area contributed by atoms with Crippen molar-refractivity contribution in [3.63, 3.8) is 0 Å². The van der Waals surface area contributed by atoms with Crippen molar-refractivity contribution in [3.05, 3.63) is 57.9 Å². The summed E-state index contributed by atoms with van der Waals surface area (Å²) >= 11 is 6.32. The molecule has 0 amide bonds. The van der Waals surface area contributed by atoms with E-state index in [9.17, 15) is 14.0 Å². The molecule has 1 atom stereocenters. The van der Waals surface area contributed by atoms with Crippen LogP contribution in [0.25, 0.3) is 16.9 Å². The van der Waals surface area contributed by atoms with Crippen molar-refractivity contribution >= 4 is 34.8 Å². The number of nitriles is 1. The molecule has 0 fully saturated rings. The Morgan fingerprint density at radius 3 is 2.62 bits per heavy atom. The molecule has 12 heteroatoms. The Morgan fingerprint density at radius 2 is 1.94 bits per heavy atom. The van der Waals surface area contributed by atoms with Gasteiger partial charge in [-0.25, -0.2) is 18.3 Å². The van der Waals surface area contributed by atoms with Gasteiger partial charge in [0.15, 0.2) is 23.1 Å². The normalized spacial score (nSPS) is 12.0. The lowest BCUT2D eigenvalue weighted by Gasteiger charge is -2.19. The Hall–Kier alpha value is -4.04. The lowest BCUT2D eigenvalue weighted by molar-refractivity contribution is 0.509. The van der Waals surface area contributed by atoms with Crippen LogP contribution in [-0.4, -0.2) is 24.6 Å². The third kappa shape index (κ3) is 3.61. The average Bonchev–Trinajstić information content (AvgIpc) is 3.02. The molecule has 3 heterocycles. The highest BCUT2D eigenvalue weighted by Crippen LogP contribution is 2.33. The van der Waals surface area contributed by atoms with Crippen LogP contribution in [0.1, 0.15) is 29.8 Å². The zero-order valence-corrected chi connectivity index (χ0v) is 17.6. The summed E-state index contributed by atoms with van der Waals surface area (Å²) in [6.45, 7) is 3.49. The van der Waals surface area contributed by atoms with Gasteiger partial charge >= 0.3 is 0 Å². The first-order chi connectivity index (χ1) is 15.2. The molecule has 9 nitrogen and oxygen atoms in total. The van der Waals surface area contributed by atoms with Gasteiger partial charge in [0.05, 0.1) is 17.4 Å².